The molecule has 1 fully saturated rings. The molecular formula is C18H19ClF4N4O. The van der Waals surface area contributed by atoms with Crippen LogP contribution in [0.2, 0.25) is 5.02 Å². The molecule has 0 atom stereocenters. The molecule has 0 bridgehead atoms. The van der Waals surface area contributed by atoms with Crippen LogP contribution < -0.4 is 0 Å². The number of nitrogens with one attached hydrogen (secondary N) is 1. The lowest BCUT2D eigenvalue weighted by Crippen LogP contribution is -2.38. The third-order valence-corrected chi connectivity index (χ3v) is 5.04. The summed E-state index contributed by atoms with van der Waals surface area (Å²) in [6.07, 6.45) is -2.52. The highest BCUT2D eigenvalue weighted by Gasteiger charge is 2.34. The van der Waals surface area contributed by atoms with Crippen LogP contribution >= 0.6 is 11.6 Å². The van der Waals surface area contributed by atoms with Gasteiger partial charge >= 0.3 is 6.18 Å². The summed E-state index contributed by atoms with van der Waals surface area (Å²) >= 11 is 6.06. The van der Waals surface area contributed by atoms with E-state index in [-0.39, 0.29) is 29.4 Å². The highest BCUT2D eigenvalue weighted by atomic mass is 35.5. The van der Waals surface area contributed by atoms with Crippen molar-refractivity contribution in [2.75, 3.05) is 26.2 Å². The Balaban J connectivity index is 1.82. The van der Waals surface area contributed by atoms with Gasteiger partial charge in [0, 0.05) is 29.7 Å². The van der Waals surface area contributed by atoms with Gasteiger partial charge in [-0.05, 0) is 38.1 Å². The van der Waals surface area contributed by atoms with Crippen LogP contribution in [0.5, 0.6) is 0 Å². The van der Waals surface area contributed by atoms with Crippen molar-refractivity contribution in [2.24, 2.45) is 0 Å². The summed E-state index contributed by atoms with van der Waals surface area (Å²) in [5.41, 5.74) is -1.37. The Hall–Kier alpha value is -2.13. The zero-order chi connectivity index (χ0) is 20.3. The number of nitrogens with zero attached hydrogens (tertiary/aromatic N) is 3. The predicted octanol–water partition coefficient (Wildman–Crippen LogP) is 3.96. The number of hydrogen-bond donors (Lipinski definition) is 1. The number of halogens is 5. The Morgan fingerprint density at radius 3 is 2.61 bits per heavy atom. The SMILES string of the molecule is O=C(c1cc(C(F)(F)F)[nH]n1)N(CCN1CCCC1)Cc1c(F)cccc1Cl. The largest absolute Gasteiger partial charge is 0.432 e. The van der Waals surface area contributed by atoms with Crippen LogP contribution in [-0.2, 0) is 12.7 Å². The number of carbonyl (C=O) groups excluding carboxylic acids is 1. The van der Waals surface area contributed by atoms with Crippen molar-refractivity contribution in [3.05, 3.63) is 52.1 Å². The number of aromatic nitrogens is 2. The second-order valence-electron chi connectivity index (χ2n) is 6.64. The molecule has 2 heterocycles. The minimum absolute atomic E-state index is 0.116. The van der Waals surface area contributed by atoms with E-state index < -0.39 is 23.6 Å². The number of likely N-dealkylation sites (tertiary alicyclic amines) is 1. The summed E-state index contributed by atoms with van der Waals surface area (Å²) in [6, 6.07) is 4.83. The topological polar surface area (TPSA) is 52.2 Å². The first kappa shape index (κ1) is 20.6. The second-order valence-corrected chi connectivity index (χ2v) is 7.05. The monoisotopic (exact) mass is 418 g/mol. The van der Waals surface area contributed by atoms with E-state index in [0.717, 1.165) is 25.9 Å². The Kier molecular flexibility index (Phi) is 6.24. The van der Waals surface area contributed by atoms with Crippen molar-refractivity contribution in [3.8, 4) is 0 Å². The van der Waals surface area contributed by atoms with Gasteiger partial charge in [0.1, 0.15) is 11.5 Å². The van der Waals surface area contributed by atoms with Crippen LogP contribution in [0.15, 0.2) is 24.3 Å². The molecule has 0 radical (unpaired) electrons. The molecule has 0 unspecified atom stereocenters. The van der Waals surface area contributed by atoms with Crippen LogP contribution in [0.25, 0.3) is 0 Å². The van der Waals surface area contributed by atoms with Gasteiger partial charge in [0.15, 0.2) is 5.69 Å². The molecule has 152 valence electrons. The summed E-state index contributed by atoms with van der Waals surface area (Å²) < 4.78 is 52.6. The average Bonchev–Trinajstić information content (AvgIpc) is 3.31. The van der Waals surface area contributed by atoms with Gasteiger partial charge in [-0.1, -0.05) is 17.7 Å². The molecule has 1 amide bonds. The first-order valence-corrected chi connectivity index (χ1v) is 9.20. The fourth-order valence-corrected chi connectivity index (χ4v) is 3.36. The highest BCUT2D eigenvalue weighted by molar-refractivity contribution is 6.31. The first-order chi connectivity index (χ1) is 13.3. The summed E-state index contributed by atoms with van der Waals surface area (Å²) in [7, 11) is 0. The van der Waals surface area contributed by atoms with Crippen molar-refractivity contribution in [2.45, 2.75) is 25.6 Å². The predicted molar refractivity (Wildman–Crippen MR) is 95.4 cm³/mol. The molecule has 1 saturated heterocycles. The fraction of sp³-hybridized carbons (Fsp3) is 0.444. The van der Waals surface area contributed by atoms with Gasteiger partial charge < -0.3 is 9.80 Å². The van der Waals surface area contributed by atoms with Gasteiger partial charge in [-0.25, -0.2) is 4.39 Å². The lowest BCUT2D eigenvalue weighted by atomic mass is 10.2. The molecule has 1 aromatic heterocycles. The fourth-order valence-electron chi connectivity index (χ4n) is 3.13. The summed E-state index contributed by atoms with van der Waals surface area (Å²) in [4.78, 5) is 16.2. The molecule has 1 aromatic carbocycles. The smallest absolute Gasteiger partial charge is 0.331 e. The minimum atomic E-state index is -4.64. The number of hydrogen-bond acceptors (Lipinski definition) is 3. The van der Waals surface area contributed by atoms with Crippen LogP contribution in [0.3, 0.4) is 0 Å². The number of aromatic amines is 1. The first-order valence-electron chi connectivity index (χ1n) is 8.83. The summed E-state index contributed by atoms with van der Waals surface area (Å²) in [5, 5.41) is 5.48. The van der Waals surface area contributed by atoms with Gasteiger partial charge in [-0.2, -0.15) is 18.3 Å². The van der Waals surface area contributed by atoms with E-state index in [0.29, 0.717) is 12.6 Å². The number of benzene rings is 1. The third kappa shape index (κ3) is 4.82. The molecule has 0 aliphatic carbocycles. The van der Waals surface area contributed by atoms with Gasteiger partial charge in [0.05, 0.1) is 6.54 Å². The number of rotatable bonds is 6. The maximum absolute atomic E-state index is 14.2. The normalized spacial score (nSPS) is 15.2. The molecule has 5 nitrogen and oxygen atoms in total. The Morgan fingerprint density at radius 1 is 1.29 bits per heavy atom. The standard InChI is InChI=1S/C18H19ClF4N4O/c19-13-4-3-5-14(20)12(13)11-27(9-8-26-6-1-2-7-26)17(28)15-10-16(25-24-15)18(21,22)23/h3-5,10H,1-2,6-9,11H2,(H,24,25). The minimum Gasteiger partial charge on any atom is -0.331 e. The zero-order valence-electron chi connectivity index (χ0n) is 14.9. The zero-order valence-corrected chi connectivity index (χ0v) is 15.7. The summed E-state index contributed by atoms with van der Waals surface area (Å²) in [5.74, 6) is -1.30. The molecular weight excluding hydrogens is 400 g/mol. The van der Waals surface area contributed by atoms with Crippen LogP contribution in [-0.4, -0.2) is 52.1 Å². The van der Waals surface area contributed by atoms with E-state index in [2.05, 4.69) is 10.00 Å². The lowest BCUT2D eigenvalue weighted by molar-refractivity contribution is -0.141. The Bertz CT molecular complexity index is 813. The van der Waals surface area contributed by atoms with Gasteiger partial charge in [-0.15, -0.1) is 0 Å². The Morgan fingerprint density at radius 2 is 2.00 bits per heavy atom. The van der Waals surface area contributed by atoms with E-state index >= 15 is 0 Å². The molecule has 0 spiro atoms. The molecule has 1 N–H and O–H groups in total. The third-order valence-electron chi connectivity index (χ3n) is 4.69. The van der Waals surface area contributed by atoms with E-state index in [1.807, 2.05) is 5.10 Å². The van der Waals surface area contributed by atoms with Gasteiger partial charge in [-0.3, -0.25) is 9.89 Å². The van der Waals surface area contributed by atoms with E-state index in [1.54, 1.807) is 0 Å². The van der Waals surface area contributed by atoms with Crippen LogP contribution in [0.1, 0.15) is 34.6 Å². The highest BCUT2D eigenvalue weighted by Crippen LogP contribution is 2.28. The van der Waals surface area contributed by atoms with Crippen molar-refractivity contribution in [1.29, 1.82) is 0 Å². The molecule has 10 heteroatoms. The molecule has 2 aromatic rings. The van der Waals surface area contributed by atoms with Crippen molar-refractivity contribution < 1.29 is 22.4 Å². The van der Waals surface area contributed by atoms with Gasteiger partial charge in [0.2, 0.25) is 0 Å². The second kappa shape index (κ2) is 8.48. The van der Waals surface area contributed by atoms with Crippen molar-refractivity contribution in [1.82, 2.24) is 20.0 Å². The van der Waals surface area contributed by atoms with Crippen LogP contribution in [0, 0.1) is 5.82 Å². The number of amides is 1. The molecule has 1 aliphatic heterocycles. The van der Waals surface area contributed by atoms with Crippen molar-refractivity contribution in [3.63, 3.8) is 0 Å². The summed E-state index contributed by atoms with van der Waals surface area (Å²) in [6.45, 7) is 2.38. The number of H-pyrrole nitrogens is 1. The Labute approximate surface area is 164 Å². The average molecular weight is 419 g/mol. The quantitative estimate of drug-likeness (QED) is 0.722. The maximum atomic E-state index is 14.2. The number of carbonyl (C=O) groups is 1. The molecule has 1 aliphatic rings. The van der Waals surface area contributed by atoms with Crippen molar-refractivity contribution >= 4 is 17.5 Å². The molecule has 28 heavy (non-hydrogen) atoms. The van der Waals surface area contributed by atoms with Crippen LogP contribution in [0.4, 0.5) is 17.6 Å². The maximum Gasteiger partial charge on any atom is 0.432 e. The molecule has 0 saturated carbocycles. The molecule has 3 rings (SSSR count). The lowest BCUT2D eigenvalue weighted by Gasteiger charge is -2.25. The van der Waals surface area contributed by atoms with E-state index in [9.17, 15) is 22.4 Å². The van der Waals surface area contributed by atoms with Gasteiger partial charge in [0.25, 0.3) is 5.91 Å². The number of alkyl halides is 3. The van der Waals surface area contributed by atoms with E-state index in [4.69, 9.17) is 11.6 Å². The van der Waals surface area contributed by atoms with E-state index in [1.165, 1.54) is 23.1 Å².